The Hall–Kier alpha value is -1.93. The Balaban J connectivity index is 1.66. The van der Waals surface area contributed by atoms with Gasteiger partial charge in [-0.25, -0.2) is 0 Å². The minimum absolute atomic E-state index is 0.331. The van der Waals surface area contributed by atoms with E-state index in [9.17, 15) is 4.79 Å². The lowest BCUT2D eigenvalue weighted by molar-refractivity contribution is 0.0828. The van der Waals surface area contributed by atoms with E-state index in [1.807, 2.05) is 18.2 Å². The standard InChI is InChI=1S/C23H27NO/c25-22-21-12-6-5-9-19(21)13-14-23(22,20-10-3-1-4-11-20)15-18-24-16-7-2-8-17-24/h1,3-6,9-12H,2,7-8,13-18H2. The van der Waals surface area contributed by atoms with E-state index in [1.165, 1.54) is 43.5 Å². The van der Waals surface area contributed by atoms with Gasteiger partial charge in [-0.1, -0.05) is 61.0 Å². The Morgan fingerprint density at radius 2 is 1.60 bits per heavy atom. The van der Waals surface area contributed by atoms with Crippen molar-refractivity contribution in [2.75, 3.05) is 19.6 Å². The van der Waals surface area contributed by atoms with Crippen molar-refractivity contribution in [3.8, 4) is 0 Å². The molecule has 0 radical (unpaired) electrons. The van der Waals surface area contributed by atoms with Crippen LogP contribution in [0, 0.1) is 0 Å². The number of hydrogen-bond donors (Lipinski definition) is 0. The van der Waals surface area contributed by atoms with Crippen LogP contribution in [0.4, 0.5) is 0 Å². The first-order chi connectivity index (χ1) is 12.3. The zero-order valence-corrected chi connectivity index (χ0v) is 14.9. The fourth-order valence-corrected chi connectivity index (χ4v) is 4.63. The molecule has 2 aliphatic rings. The molecule has 0 bridgehead atoms. The van der Waals surface area contributed by atoms with E-state index in [1.54, 1.807) is 0 Å². The predicted molar refractivity (Wildman–Crippen MR) is 102 cm³/mol. The summed E-state index contributed by atoms with van der Waals surface area (Å²) in [5, 5.41) is 0. The highest BCUT2D eigenvalue weighted by molar-refractivity contribution is 6.06. The minimum Gasteiger partial charge on any atom is -0.303 e. The summed E-state index contributed by atoms with van der Waals surface area (Å²) in [5.41, 5.74) is 3.01. The third-order valence-electron chi connectivity index (χ3n) is 6.15. The molecule has 2 aromatic carbocycles. The van der Waals surface area contributed by atoms with E-state index in [0.717, 1.165) is 31.4 Å². The third kappa shape index (κ3) is 3.16. The van der Waals surface area contributed by atoms with E-state index >= 15 is 0 Å². The first-order valence-electron chi connectivity index (χ1n) is 9.70. The molecule has 0 spiro atoms. The van der Waals surface area contributed by atoms with Gasteiger partial charge in [0, 0.05) is 5.56 Å². The molecule has 1 heterocycles. The molecule has 1 saturated heterocycles. The summed E-state index contributed by atoms with van der Waals surface area (Å²) >= 11 is 0. The second-order valence-electron chi connectivity index (χ2n) is 7.59. The van der Waals surface area contributed by atoms with Gasteiger partial charge in [-0.2, -0.15) is 0 Å². The molecule has 0 aromatic heterocycles. The van der Waals surface area contributed by atoms with Crippen LogP contribution < -0.4 is 0 Å². The molecular formula is C23H27NO. The van der Waals surface area contributed by atoms with Gasteiger partial charge in [0.1, 0.15) is 0 Å². The first-order valence-corrected chi connectivity index (χ1v) is 9.70. The summed E-state index contributed by atoms with van der Waals surface area (Å²) in [6.07, 6.45) is 6.82. The number of rotatable bonds is 4. The van der Waals surface area contributed by atoms with Crippen LogP contribution in [0.15, 0.2) is 54.6 Å². The van der Waals surface area contributed by atoms with Gasteiger partial charge in [-0.05, 0) is 62.9 Å². The number of fused-ring (bicyclic) bond motifs is 1. The second-order valence-corrected chi connectivity index (χ2v) is 7.59. The van der Waals surface area contributed by atoms with Crippen LogP contribution in [0.3, 0.4) is 0 Å². The smallest absolute Gasteiger partial charge is 0.173 e. The zero-order valence-electron chi connectivity index (χ0n) is 14.9. The summed E-state index contributed by atoms with van der Waals surface area (Å²) in [6.45, 7) is 3.41. The number of Topliss-reactive ketones (excluding diaryl/α,β-unsaturated/α-hetero) is 1. The maximum absolute atomic E-state index is 13.6. The largest absolute Gasteiger partial charge is 0.303 e. The summed E-state index contributed by atoms with van der Waals surface area (Å²) in [5.74, 6) is 0.331. The molecule has 1 aliphatic carbocycles. The van der Waals surface area contributed by atoms with Crippen molar-refractivity contribution < 1.29 is 4.79 Å². The van der Waals surface area contributed by atoms with Gasteiger partial charge in [-0.3, -0.25) is 4.79 Å². The molecule has 1 aliphatic heterocycles. The molecule has 1 unspecified atom stereocenters. The van der Waals surface area contributed by atoms with E-state index in [-0.39, 0.29) is 5.41 Å². The molecule has 25 heavy (non-hydrogen) atoms. The number of nitrogens with zero attached hydrogens (tertiary/aromatic N) is 1. The predicted octanol–water partition coefficient (Wildman–Crippen LogP) is 4.63. The van der Waals surface area contributed by atoms with Gasteiger partial charge in [0.05, 0.1) is 5.41 Å². The quantitative estimate of drug-likeness (QED) is 0.813. The highest BCUT2D eigenvalue weighted by Gasteiger charge is 2.43. The SMILES string of the molecule is O=C1c2ccccc2CCC1(CCN1CCCCC1)c1ccccc1. The highest BCUT2D eigenvalue weighted by Crippen LogP contribution is 2.41. The molecule has 2 heteroatoms. The van der Waals surface area contributed by atoms with Crippen LogP contribution in [0.5, 0.6) is 0 Å². The average molecular weight is 333 g/mol. The van der Waals surface area contributed by atoms with Gasteiger partial charge in [0.15, 0.2) is 5.78 Å². The molecule has 4 rings (SSSR count). The summed E-state index contributed by atoms with van der Waals surface area (Å²) in [4.78, 5) is 16.2. The number of carbonyl (C=O) groups is 1. The average Bonchev–Trinajstić information content (AvgIpc) is 2.69. The fourth-order valence-electron chi connectivity index (χ4n) is 4.63. The van der Waals surface area contributed by atoms with Crippen molar-refractivity contribution in [2.24, 2.45) is 0 Å². The molecule has 2 aromatic rings. The van der Waals surface area contributed by atoms with E-state index in [0.29, 0.717) is 5.78 Å². The monoisotopic (exact) mass is 333 g/mol. The van der Waals surface area contributed by atoms with Crippen LogP contribution in [0.2, 0.25) is 0 Å². The summed E-state index contributed by atoms with van der Waals surface area (Å²) < 4.78 is 0. The van der Waals surface area contributed by atoms with Gasteiger partial charge >= 0.3 is 0 Å². The van der Waals surface area contributed by atoms with Crippen molar-refractivity contribution in [3.05, 3.63) is 71.3 Å². The Kier molecular flexibility index (Phi) is 4.72. The van der Waals surface area contributed by atoms with Crippen molar-refractivity contribution in [3.63, 3.8) is 0 Å². The Labute approximate surface area is 150 Å². The summed E-state index contributed by atoms with van der Waals surface area (Å²) in [6, 6.07) is 18.7. The minimum atomic E-state index is -0.354. The van der Waals surface area contributed by atoms with Crippen molar-refractivity contribution in [1.82, 2.24) is 4.90 Å². The number of piperidine rings is 1. The van der Waals surface area contributed by atoms with Crippen LogP contribution >= 0.6 is 0 Å². The number of ketones is 1. The van der Waals surface area contributed by atoms with Crippen molar-refractivity contribution in [2.45, 2.75) is 43.9 Å². The van der Waals surface area contributed by atoms with Gasteiger partial charge in [0.2, 0.25) is 0 Å². The van der Waals surface area contributed by atoms with Gasteiger partial charge in [0.25, 0.3) is 0 Å². The van der Waals surface area contributed by atoms with Crippen LogP contribution in [0.25, 0.3) is 0 Å². The van der Waals surface area contributed by atoms with Crippen molar-refractivity contribution >= 4 is 5.78 Å². The zero-order chi connectivity index (χ0) is 17.1. The molecule has 0 amide bonds. The Morgan fingerprint density at radius 3 is 2.40 bits per heavy atom. The topological polar surface area (TPSA) is 20.3 Å². The Bertz CT molecular complexity index is 733. The highest BCUT2D eigenvalue weighted by atomic mass is 16.1. The van der Waals surface area contributed by atoms with Crippen LogP contribution in [-0.2, 0) is 11.8 Å². The normalized spacial score (nSPS) is 24.1. The number of carbonyl (C=O) groups excluding carboxylic acids is 1. The number of benzene rings is 2. The number of hydrogen-bond acceptors (Lipinski definition) is 2. The Morgan fingerprint density at radius 1 is 0.880 bits per heavy atom. The second kappa shape index (κ2) is 7.13. The summed E-state index contributed by atoms with van der Waals surface area (Å²) in [7, 11) is 0. The number of likely N-dealkylation sites (tertiary alicyclic amines) is 1. The van der Waals surface area contributed by atoms with Crippen LogP contribution in [-0.4, -0.2) is 30.3 Å². The molecule has 0 saturated carbocycles. The number of aryl methyl sites for hydroxylation is 1. The molecule has 1 fully saturated rings. The van der Waals surface area contributed by atoms with Crippen LogP contribution in [0.1, 0.15) is 53.6 Å². The first kappa shape index (κ1) is 16.5. The van der Waals surface area contributed by atoms with E-state index in [2.05, 4.69) is 41.3 Å². The molecule has 0 N–H and O–H groups in total. The molecule has 1 atom stereocenters. The molecule has 130 valence electrons. The van der Waals surface area contributed by atoms with E-state index in [4.69, 9.17) is 0 Å². The molecule has 2 nitrogen and oxygen atoms in total. The maximum Gasteiger partial charge on any atom is 0.173 e. The van der Waals surface area contributed by atoms with E-state index < -0.39 is 0 Å². The fraction of sp³-hybridized carbons (Fsp3) is 0.435. The molecular weight excluding hydrogens is 306 g/mol. The lowest BCUT2D eigenvalue weighted by Crippen LogP contribution is -2.43. The lowest BCUT2D eigenvalue weighted by Gasteiger charge is -2.39. The van der Waals surface area contributed by atoms with Gasteiger partial charge in [-0.15, -0.1) is 0 Å². The van der Waals surface area contributed by atoms with Crippen molar-refractivity contribution in [1.29, 1.82) is 0 Å². The maximum atomic E-state index is 13.6. The lowest BCUT2D eigenvalue weighted by atomic mass is 9.64. The third-order valence-corrected chi connectivity index (χ3v) is 6.15. The van der Waals surface area contributed by atoms with Gasteiger partial charge < -0.3 is 4.90 Å².